The van der Waals surface area contributed by atoms with Gasteiger partial charge in [-0.15, -0.1) is 0 Å². The third-order valence-electron chi connectivity index (χ3n) is 6.97. The van der Waals surface area contributed by atoms with Crippen LogP contribution in [0.4, 0.5) is 4.79 Å². The minimum atomic E-state index is -0.921. The van der Waals surface area contributed by atoms with Gasteiger partial charge in [0.25, 0.3) is 0 Å². The standard InChI is InChI=1S/C27H32N2O5/c1-17(26(31)32)15-29(2)25(30)13-19(18-11-12-18)14-28-27(33)34-16-24-22-9-5-3-7-20(22)21-8-4-6-10-23(21)24/h3-10,17-19,24H,11-16H2,1-2H3,(H,28,33)(H,31,32). The van der Waals surface area contributed by atoms with Crippen LogP contribution < -0.4 is 5.32 Å². The average Bonchev–Trinajstić information content (AvgIpc) is 3.63. The number of benzene rings is 2. The Balaban J connectivity index is 1.29. The Kier molecular flexibility index (Phi) is 7.20. The number of nitrogens with one attached hydrogen (secondary N) is 1. The van der Waals surface area contributed by atoms with Crippen LogP contribution in [0.5, 0.6) is 0 Å². The van der Waals surface area contributed by atoms with Gasteiger partial charge in [0.1, 0.15) is 6.61 Å². The van der Waals surface area contributed by atoms with Crippen LogP contribution in [0.2, 0.25) is 0 Å². The van der Waals surface area contributed by atoms with Gasteiger partial charge in [0, 0.05) is 32.5 Å². The van der Waals surface area contributed by atoms with Crippen molar-refractivity contribution in [1.82, 2.24) is 10.2 Å². The molecule has 2 aromatic rings. The SMILES string of the molecule is CC(CN(C)C(=O)CC(CNC(=O)OCC1c2ccccc2-c2ccccc21)C1CC1)C(=O)O. The lowest BCUT2D eigenvalue weighted by atomic mass is 9.98. The van der Waals surface area contributed by atoms with Crippen LogP contribution in [0, 0.1) is 17.8 Å². The molecule has 4 rings (SSSR count). The van der Waals surface area contributed by atoms with Crippen molar-refractivity contribution in [3.8, 4) is 11.1 Å². The predicted octanol–water partition coefficient (Wildman–Crippen LogP) is 4.12. The monoisotopic (exact) mass is 464 g/mol. The molecule has 0 aliphatic heterocycles. The molecule has 2 N–H and O–H groups in total. The lowest BCUT2D eigenvalue weighted by molar-refractivity contribution is -0.142. The van der Waals surface area contributed by atoms with Crippen molar-refractivity contribution < 1.29 is 24.2 Å². The van der Waals surface area contributed by atoms with Crippen molar-refractivity contribution in [3.05, 3.63) is 59.7 Å². The summed E-state index contributed by atoms with van der Waals surface area (Å²) in [4.78, 5) is 37.7. The van der Waals surface area contributed by atoms with Crippen LogP contribution in [-0.2, 0) is 14.3 Å². The minimum absolute atomic E-state index is 0.00355. The summed E-state index contributed by atoms with van der Waals surface area (Å²) in [7, 11) is 1.63. The number of hydrogen-bond donors (Lipinski definition) is 2. The van der Waals surface area contributed by atoms with E-state index >= 15 is 0 Å². The van der Waals surface area contributed by atoms with Crippen molar-refractivity contribution in [2.75, 3.05) is 26.7 Å². The summed E-state index contributed by atoms with van der Waals surface area (Å²) < 4.78 is 5.61. The van der Waals surface area contributed by atoms with Crippen LogP contribution in [0.25, 0.3) is 11.1 Å². The third kappa shape index (κ3) is 5.41. The molecule has 7 nitrogen and oxygen atoms in total. The van der Waals surface area contributed by atoms with Gasteiger partial charge in [0.2, 0.25) is 5.91 Å². The van der Waals surface area contributed by atoms with Crippen LogP contribution in [0.15, 0.2) is 48.5 Å². The van der Waals surface area contributed by atoms with E-state index in [1.54, 1.807) is 14.0 Å². The summed E-state index contributed by atoms with van der Waals surface area (Å²) in [6.45, 7) is 2.38. The van der Waals surface area contributed by atoms with Crippen molar-refractivity contribution in [2.24, 2.45) is 17.8 Å². The van der Waals surface area contributed by atoms with E-state index in [0.717, 1.165) is 24.0 Å². The molecule has 0 heterocycles. The highest BCUT2D eigenvalue weighted by molar-refractivity contribution is 5.79. The average molecular weight is 465 g/mol. The van der Waals surface area contributed by atoms with E-state index in [1.165, 1.54) is 16.0 Å². The number of carbonyl (C=O) groups is 3. The van der Waals surface area contributed by atoms with Gasteiger partial charge < -0.3 is 20.1 Å². The van der Waals surface area contributed by atoms with Gasteiger partial charge in [-0.05, 0) is 46.9 Å². The second kappa shape index (κ2) is 10.3. The first-order valence-corrected chi connectivity index (χ1v) is 11.9. The second-order valence-electron chi connectivity index (χ2n) is 9.52. The van der Waals surface area contributed by atoms with Gasteiger partial charge in [0.05, 0.1) is 5.92 Å². The maximum atomic E-state index is 12.6. The summed E-state index contributed by atoms with van der Waals surface area (Å²) in [5.41, 5.74) is 4.69. The number of aliphatic carboxylic acids is 1. The van der Waals surface area contributed by atoms with Gasteiger partial charge in [-0.2, -0.15) is 0 Å². The Morgan fingerprint density at radius 3 is 2.21 bits per heavy atom. The molecule has 2 unspecified atom stereocenters. The molecule has 2 amide bonds. The van der Waals surface area contributed by atoms with Crippen LogP contribution in [0.1, 0.15) is 43.2 Å². The van der Waals surface area contributed by atoms with Crippen molar-refractivity contribution in [1.29, 1.82) is 0 Å². The molecular formula is C27H32N2O5. The summed E-state index contributed by atoms with van der Waals surface area (Å²) in [5, 5.41) is 11.9. The number of carboxylic acids is 1. The zero-order valence-corrected chi connectivity index (χ0v) is 19.7. The summed E-state index contributed by atoms with van der Waals surface area (Å²) in [6.07, 6.45) is 1.89. The van der Waals surface area contributed by atoms with Gasteiger partial charge >= 0.3 is 12.1 Å². The van der Waals surface area contributed by atoms with Gasteiger partial charge in [-0.25, -0.2) is 4.79 Å². The molecule has 0 spiro atoms. The summed E-state index contributed by atoms with van der Waals surface area (Å²) in [5.74, 6) is -1.20. The Bertz CT molecular complexity index is 1020. The normalized spacial score (nSPS) is 16.2. The molecule has 34 heavy (non-hydrogen) atoms. The van der Waals surface area contributed by atoms with E-state index in [2.05, 4.69) is 29.6 Å². The molecule has 2 aromatic carbocycles. The molecule has 2 aliphatic rings. The van der Waals surface area contributed by atoms with Gasteiger partial charge in [0.15, 0.2) is 0 Å². The number of rotatable bonds is 10. The molecule has 7 heteroatoms. The number of hydrogen-bond acceptors (Lipinski definition) is 4. The van der Waals surface area contributed by atoms with E-state index < -0.39 is 18.0 Å². The third-order valence-corrected chi connectivity index (χ3v) is 6.97. The molecule has 0 radical (unpaired) electrons. The topological polar surface area (TPSA) is 95.9 Å². The molecule has 1 saturated carbocycles. The molecule has 1 fully saturated rings. The molecule has 2 atom stereocenters. The Morgan fingerprint density at radius 1 is 1.06 bits per heavy atom. The maximum Gasteiger partial charge on any atom is 0.407 e. The number of carboxylic acid groups (broad SMARTS) is 1. The lowest BCUT2D eigenvalue weighted by Gasteiger charge is -2.23. The fraction of sp³-hybridized carbons (Fsp3) is 0.444. The fourth-order valence-electron chi connectivity index (χ4n) is 4.81. The quantitative estimate of drug-likeness (QED) is 0.551. The van der Waals surface area contributed by atoms with E-state index in [9.17, 15) is 14.4 Å². The largest absolute Gasteiger partial charge is 0.481 e. The van der Waals surface area contributed by atoms with E-state index in [0.29, 0.717) is 12.5 Å². The molecule has 2 aliphatic carbocycles. The van der Waals surface area contributed by atoms with E-state index in [-0.39, 0.29) is 37.3 Å². The molecule has 0 bridgehead atoms. The Morgan fingerprint density at radius 2 is 1.65 bits per heavy atom. The second-order valence-corrected chi connectivity index (χ2v) is 9.52. The maximum absolute atomic E-state index is 12.6. The Labute approximate surface area is 200 Å². The lowest BCUT2D eigenvalue weighted by Crippen LogP contribution is -2.37. The first-order chi connectivity index (χ1) is 16.3. The highest BCUT2D eigenvalue weighted by Crippen LogP contribution is 2.44. The van der Waals surface area contributed by atoms with Crippen LogP contribution in [0.3, 0.4) is 0 Å². The first kappa shape index (κ1) is 23.8. The highest BCUT2D eigenvalue weighted by Gasteiger charge is 2.34. The molecule has 0 aromatic heterocycles. The Hall–Kier alpha value is -3.35. The van der Waals surface area contributed by atoms with Crippen LogP contribution in [-0.4, -0.2) is 54.7 Å². The fourth-order valence-corrected chi connectivity index (χ4v) is 4.81. The minimum Gasteiger partial charge on any atom is -0.481 e. The zero-order valence-electron chi connectivity index (χ0n) is 19.7. The van der Waals surface area contributed by atoms with Crippen molar-refractivity contribution >= 4 is 18.0 Å². The van der Waals surface area contributed by atoms with Crippen LogP contribution >= 0.6 is 0 Å². The number of alkyl carbamates (subject to hydrolysis) is 1. The number of nitrogens with zero attached hydrogens (tertiary/aromatic N) is 1. The number of fused-ring (bicyclic) bond motifs is 3. The van der Waals surface area contributed by atoms with E-state index in [1.807, 2.05) is 24.3 Å². The predicted molar refractivity (Wildman–Crippen MR) is 128 cm³/mol. The smallest absolute Gasteiger partial charge is 0.407 e. The first-order valence-electron chi connectivity index (χ1n) is 11.9. The highest BCUT2D eigenvalue weighted by atomic mass is 16.5. The zero-order chi connectivity index (χ0) is 24.2. The summed E-state index contributed by atoms with van der Waals surface area (Å²) in [6, 6.07) is 16.4. The number of amides is 2. The van der Waals surface area contributed by atoms with Crippen molar-refractivity contribution in [2.45, 2.75) is 32.1 Å². The molecule has 180 valence electrons. The van der Waals surface area contributed by atoms with Gasteiger partial charge in [-0.1, -0.05) is 55.5 Å². The molecular weight excluding hydrogens is 432 g/mol. The number of carbonyl (C=O) groups excluding carboxylic acids is 2. The van der Waals surface area contributed by atoms with Crippen molar-refractivity contribution in [3.63, 3.8) is 0 Å². The molecule has 0 saturated heterocycles. The van der Waals surface area contributed by atoms with E-state index in [4.69, 9.17) is 9.84 Å². The van der Waals surface area contributed by atoms with Gasteiger partial charge in [-0.3, -0.25) is 9.59 Å². The number of ether oxygens (including phenoxy) is 1. The summed E-state index contributed by atoms with van der Waals surface area (Å²) >= 11 is 0.